The van der Waals surface area contributed by atoms with Gasteiger partial charge >= 0.3 is 0 Å². The summed E-state index contributed by atoms with van der Waals surface area (Å²) in [4.78, 5) is 31.8. The van der Waals surface area contributed by atoms with Crippen LogP contribution in [-0.4, -0.2) is 54.5 Å². The molecule has 160 valence electrons. The second kappa shape index (κ2) is 9.85. The summed E-state index contributed by atoms with van der Waals surface area (Å²) in [7, 11) is 1.52. The third-order valence-corrected chi connectivity index (χ3v) is 5.64. The number of hydrogen-bond donors (Lipinski definition) is 1. The zero-order chi connectivity index (χ0) is 21.6. The molecule has 2 amide bonds. The van der Waals surface area contributed by atoms with E-state index in [9.17, 15) is 9.59 Å². The summed E-state index contributed by atoms with van der Waals surface area (Å²) in [5, 5.41) is 3.11. The Morgan fingerprint density at radius 1 is 1.20 bits per heavy atom. The van der Waals surface area contributed by atoms with Crippen LogP contribution in [0, 0.1) is 5.41 Å². The highest BCUT2D eigenvalue weighted by Crippen LogP contribution is 2.37. The van der Waals surface area contributed by atoms with E-state index in [2.05, 4.69) is 22.4 Å². The van der Waals surface area contributed by atoms with Crippen LogP contribution < -0.4 is 5.32 Å². The second-order valence-electron chi connectivity index (χ2n) is 8.33. The SMILES string of the molecule is COCC(=O)N1CCC[C@](Cc2ccccc2-c2ccncc2)(C(=O)NC(C)C)C1. The highest BCUT2D eigenvalue weighted by Gasteiger charge is 2.44. The van der Waals surface area contributed by atoms with E-state index >= 15 is 0 Å². The molecule has 6 nitrogen and oxygen atoms in total. The number of hydrogen-bond acceptors (Lipinski definition) is 4. The molecule has 0 bridgehead atoms. The number of nitrogens with zero attached hydrogens (tertiary/aromatic N) is 2. The largest absolute Gasteiger partial charge is 0.375 e. The van der Waals surface area contributed by atoms with E-state index in [0.29, 0.717) is 19.5 Å². The molecule has 0 spiro atoms. The van der Waals surface area contributed by atoms with Gasteiger partial charge in [0, 0.05) is 38.6 Å². The first kappa shape index (κ1) is 22.0. The lowest BCUT2D eigenvalue weighted by Gasteiger charge is -2.42. The van der Waals surface area contributed by atoms with Gasteiger partial charge in [-0.15, -0.1) is 0 Å². The average molecular weight is 410 g/mol. The Morgan fingerprint density at radius 3 is 2.63 bits per heavy atom. The van der Waals surface area contributed by atoms with Gasteiger partial charge in [-0.05, 0) is 61.9 Å². The maximum atomic E-state index is 13.4. The molecule has 6 heteroatoms. The number of carbonyl (C=O) groups excluding carboxylic acids is 2. The highest BCUT2D eigenvalue weighted by atomic mass is 16.5. The Kier molecular flexibility index (Phi) is 7.21. The molecule has 1 fully saturated rings. The molecule has 0 unspecified atom stereocenters. The Hall–Kier alpha value is -2.73. The maximum Gasteiger partial charge on any atom is 0.248 e. The second-order valence-corrected chi connectivity index (χ2v) is 8.33. The number of methoxy groups -OCH3 is 1. The zero-order valence-electron chi connectivity index (χ0n) is 18.1. The average Bonchev–Trinajstić information content (AvgIpc) is 2.74. The molecular weight excluding hydrogens is 378 g/mol. The van der Waals surface area contributed by atoms with Gasteiger partial charge < -0.3 is 15.0 Å². The summed E-state index contributed by atoms with van der Waals surface area (Å²) >= 11 is 0. The van der Waals surface area contributed by atoms with Gasteiger partial charge in [-0.2, -0.15) is 0 Å². The van der Waals surface area contributed by atoms with E-state index in [1.54, 1.807) is 17.3 Å². The lowest BCUT2D eigenvalue weighted by Crippen LogP contribution is -2.56. The molecule has 3 rings (SSSR count). The molecule has 2 heterocycles. The minimum Gasteiger partial charge on any atom is -0.375 e. The van der Waals surface area contributed by atoms with Crippen molar-refractivity contribution in [2.45, 2.75) is 39.2 Å². The standard InChI is InChI=1S/C24H31N3O3/c1-18(2)26-23(29)24(11-6-14-27(17-24)22(28)16-30-3)15-20-7-4-5-8-21(20)19-9-12-25-13-10-19/h4-5,7-10,12-13,18H,6,11,14-17H2,1-3H3,(H,26,29)/t24-/m1/s1. The molecule has 0 aliphatic carbocycles. The first-order chi connectivity index (χ1) is 14.4. The van der Waals surface area contributed by atoms with Crippen molar-refractivity contribution >= 4 is 11.8 Å². The van der Waals surface area contributed by atoms with Gasteiger partial charge in [-0.25, -0.2) is 0 Å². The van der Waals surface area contributed by atoms with Crippen LogP contribution in [0.25, 0.3) is 11.1 Å². The summed E-state index contributed by atoms with van der Waals surface area (Å²) in [6, 6.07) is 12.2. The molecule has 1 N–H and O–H groups in total. The zero-order valence-corrected chi connectivity index (χ0v) is 18.1. The van der Waals surface area contributed by atoms with Crippen molar-refractivity contribution < 1.29 is 14.3 Å². The number of carbonyl (C=O) groups is 2. The van der Waals surface area contributed by atoms with E-state index in [4.69, 9.17) is 4.74 Å². The fraction of sp³-hybridized carbons (Fsp3) is 0.458. The van der Waals surface area contributed by atoms with Gasteiger partial charge in [0.1, 0.15) is 6.61 Å². The van der Waals surface area contributed by atoms with Crippen molar-refractivity contribution in [1.82, 2.24) is 15.2 Å². The first-order valence-corrected chi connectivity index (χ1v) is 10.5. The van der Waals surface area contributed by atoms with Gasteiger partial charge in [-0.3, -0.25) is 14.6 Å². The molecule has 1 aliphatic heterocycles. The van der Waals surface area contributed by atoms with Crippen molar-refractivity contribution in [3.63, 3.8) is 0 Å². The van der Waals surface area contributed by atoms with Gasteiger partial charge in [0.15, 0.2) is 0 Å². The van der Waals surface area contributed by atoms with Crippen LogP contribution in [0.5, 0.6) is 0 Å². The lowest BCUT2D eigenvalue weighted by molar-refractivity contribution is -0.144. The molecule has 1 aromatic carbocycles. The Labute approximate surface area is 178 Å². The van der Waals surface area contributed by atoms with Crippen molar-refractivity contribution in [2.75, 3.05) is 26.8 Å². The molecular formula is C24H31N3O3. The molecule has 30 heavy (non-hydrogen) atoms. The van der Waals surface area contributed by atoms with Crippen molar-refractivity contribution in [2.24, 2.45) is 5.41 Å². The molecule has 0 saturated carbocycles. The summed E-state index contributed by atoms with van der Waals surface area (Å²) < 4.78 is 5.05. The molecule has 1 aromatic heterocycles. The summed E-state index contributed by atoms with van der Waals surface area (Å²) in [6.07, 6.45) is 5.66. The molecule has 1 atom stereocenters. The van der Waals surface area contributed by atoms with Crippen LogP contribution >= 0.6 is 0 Å². The Balaban J connectivity index is 1.97. The molecule has 2 aromatic rings. The number of rotatable bonds is 7. The monoisotopic (exact) mass is 409 g/mol. The first-order valence-electron chi connectivity index (χ1n) is 10.5. The minimum absolute atomic E-state index is 0.0111. The number of piperidine rings is 1. The van der Waals surface area contributed by atoms with Crippen molar-refractivity contribution in [3.8, 4) is 11.1 Å². The van der Waals surface area contributed by atoms with Crippen molar-refractivity contribution in [1.29, 1.82) is 0 Å². The van der Waals surface area contributed by atoms with Gasteiger partial charge in [-0.1, -0.05) is 24.3 Å². The van der Waals surface area contributed by atoms with E-state index < -0.39 is 5.41 Å². The smallest absolute Gasteiger partial charge is 0.248 e. The van der Waals surface area contributed by atoms with E-state index in [1.165, 1.54) is 7.11 Å². The molecule has 0 radical (unpaired) electrons. The number of benzene rings is 1. The Bertz CT molecular complexity index is 869. The van der Waals surface area contributed by atoms with Gasteiger partial charge in [0.05, 0.1) is 5.41 Å². The summed E-state index contributed by atoms with van der Waals surface area (Å²) in [5.41, 5.74) is 2.60. The van der Waals surface area contributed by atoms with Gasteiger partial charge in [0.25, 0.3) is 0 Å². The predicted octanol–water partition coefficient (Wildman–Crippen LogP) is 3.07. The maximum absolute atomic E-state index is 13.4. The van der Waals surface area contributed by atoms with Crippen molar-refractivity contribution in [3.05, 3.63) is 54.4 Å². The number of aromatic nitrogens is 1. The third-order valence-electron chi connectivity index (χ3n) is 5.64. The van der Waals surface area contributed by atoms with Crippen LogP contribution in [0.3, 0.4) is 0 Å². The van der Waals surface area contributed by atoms with E-state index in [-0.39, 0.29) is 24.5 Å². The number of likely N-dealkylation sites (tertiary alicyclic amines) is 1. The normalized spacial score (nSPS) is 19.0. The van der Waals surface area contributed by atoms with E-state index in [1.807, 2.05) is 38.1 Å². The Morgan fingerprint density at radius 2 is 1.93 bits per heavy atom. The van der Waals surface area contributed by atoms with E-state index in [0.717, 1.165) is 29.5 Å². The topological polar surface area (TPSA) is 71.5 Å². The quantitative estimate of drug-likeness (QED) is 0.763. The number of nitrogens with one attached hydrogen (secondary N) is 1. The van der Waals surface area contributed by atoms with Crippen LogP contribution in [0.15, 0.2) is 48.8 Å². The fourth-order valence-electron chi connectivity index (χ4n) is 4.24. The highest BCUT2D eigenvalue weighted by molar-refractivity contribution is 5.86. The summed E-state index contributed by atoms with van der Waals surface area (Å²) in [5.74, 6) is -0.0571. The van der Waals surface area contributed by atoms with Crippen LogP contribution in [0.4, 0.5) is 0 Å². The molecule has 1 aliphatic rings. The van der Waals surface area contributed by atoms with Gasteiger partial charge in [0.2, 0.25) is 11.8 Å². The number of amides is 2. The van der Waals surface area contributed by atoms with Crippen LogP contribution in [-0.2, 0) is 20.7 Å². The number of ether oxygens (including phenoxy) is 1. The van der Waals surface area contributed by atoms with Crippen LogP contribution in [0.2, 0.25) is 0 Å². The third kappa shape index (κ3) is 5.05. The fourth-order valence-corrected chi connectivity index (χ4v) is 4.24. The lowest BCUT2D eigenvalue weighted by atomic mass is 9.73. The predicted molar refractivity (Wildman–Crippen MR) is 117 cm³/mol. The van der Waals surface area contributed by atoms with Crippen LogP contribution in [0.1, 0.15) is 32.3 Å². The number of pyridine rings is 1. The minimum atomic E-state index is -0.672. The molecule has 1 saturated heterocycles. The summed E-state index contributed by atoms with van der Waals surface area (Å²) in [6.45, 7) is 5.03.